The number of aromatic amines is 1. The summed E-state index contributed by atoms with van der Waals surface area (Å²) in [5.41, 5.74) is 1.67. The van der Waals surface area contributed by atoms with Gasteiger partial charge in [0.15, 0.2) is 11.5 Å². The van der Waals surface area contributed by atoms with Crippen LogP contribution in [-0.2, 0) is 11.8 Å². The summed E-state index contributed by atoms with van der Waals surface area (Å²) in [5.74, 6) is 0.128. The molecule has 3 aromatic rings. The molecule has 30 heavy (non-hydrogen) atoms. The maximum Gasteiger partial charge on any atom is 0.273 e. The van der Waals surface area contributed by atoms with E-state index in [2.05, 4.69) is 51.3 Å². The van der Waals surface area contributed by atoms with Gasteiger partial charge in [0.2, 0.25) is 0 Å². The SMILES string of the molecule is CC(C)(C)c1ccc(C(=O)Nc2nccnc2C(=O)NCCc2ncc[nH]2)cc1.Cl. The van der Waals surface area contributed by atoms with Gasteiger partial charge >= 0.3 is 0 Å². The highest BCUT2D eigenvalue weighted by Crippen LogP contribution is 2.22. The number of anilines is 1. The minimum Gasteiger partial charge on any atom is -0.350 e. The van der Waals surface area contributed by atoms with Gasteiger partial charge in [-0.25, -0.2) is 15.0 Å². The summed E-state index contributed by atoms with van der Waals surface area (Å²) in [6, 6.07) is 7.37. The number of imidazole rings is 1. The van der Waals surface area contributed by atoms with Crippen molar-refractivity contribution in [3.63, 3.8) is 0 Å². The minimum atomic E-state index is -0.414. The van der Waals surface area contributed by atoms with Crippen LogP contribution >= 0.6 is 12.4 Å². The van der Waals surface area contributed by atoms with Crippen LogP contribution in [-0.4, -0.2) is 38.3 Å². The van der Waals surface area contributed by atoms with Crippen LogP contribution in [0.3, 0.4) is 0 Å². The maximum absolute atomic E-state index is 12.6. The number of benzene rings is 1. The van der Waals surface area contributed by atoms with Crippen LogP contribution in [0.15, 0.2) is 49.1 Å². The van der Waals surface area contributed by atoms with Crippen molar-refractivity contribution in [1.29, 1.82) is 0 Å². The second-order valence-corrected chi connectivity index (χ2v) is 7.58. The Bertz CT molecular complexity index is 981. The van der Waals surface area contributed by atoms with Crippen LogP contribution in [0.25, 0.3) is 0 Å². The molecule has 0 fully saturated rings. The number of rotatable bonds is 6. The van der Waals surface area contributed by atoms with Crippen molar-refractivity contribution in [2.75, 3.05) is 11.9 Å². The van der Waals surface area contributed by atoms with Crippen LogP contribution in [0.4, 0.5) is 5.82 Å². The molecule has 3 N–H and O–H groups in total. The van der Waals surface area contributed by atoms with Crippen molar-refractivity contribution in [1.82, 2.24) is 25.3 Å². The van der Waals surface area contributed by atoms with E-state index in [0.29, 0.717) is 18.5 Å². The number of H-pyrrole nitrogens is 1. The molecule has 1 aromatic carbocycles. The molecular formula is C21H25ClN6O2. The van der Waals surface area contributed by atoms with Crippen LogP contribution < -0.4 is 10.6 Å². The quantitative estimate of drug-likeness (QED) is 0.558. The number of amides is 2. The molecule has 0 saturated heterocycles. The zero-order chi connectivity index (χ0) is 20.9. The summed E-state index contributed by atoms with van der Waals surface area (Å²) in [5, 5.41) is 5.44. The third-order valence-electron chi connectivity index (χ3n) is 4.36. The molecule has 0 radical (unpaired) electrons. The van der Waals surface area contributed by atoms with Gasteiger partial charge < -0.3 is 15.6 Å². The first-order chi connectivity index (χ1) is 13.8. The summed E-state index contributed by atoms with van der Waals surface area (Å²) in [7, 11) is 0. The van der Waals surface area contributed by atoms with E-state index in [9.17, 15) is 9.59 Å². The lowest BCUT2D eigenvalue weighted by Gasteiger charge is -2.19. The Hall–Kier alpha value is -3.26. The Morgan fingerprint density at radius 1 is 0.967 bits per heavy atom. The van der Waals surface area contributed by atoms with Crippen LogP contribution in [0.1, 0.15) is 53.0 Å². The fourth-order valence-corrected chi connectivity index (χ4v) is 2.71. The minimum absolute atomic E-state index is 0. The highest BCUT2D eigenvalue weighted by atomic mass is 35.5. The van der Waals surface area contributed by atoms with Crippen molar-refractivity contribution in [3.8, 4) is 0 Å². The van der Waals surface area contributed by atoms with Gasteiger partial charge in [-0.05, 0) is 23.1 Å². The summed E-state index contributed by atoms with van der Waals surface area (Å²) in [6.07, 6.45) is 6.77. The van der Waals surface area contributed by atoms with Crippen molar-refractivity contribution >= 4 is 30.0 Å². The fraction of sp³-hybridized carbons (Fsp3) is 0.286. The number of carbonyl (C=O) groups excluding carboxylic acids is 2. The van der Waals surface area contributed by atoms with Gasteiger partial charge in [-0.2, -0.15) is 0 Å². The molecule has 0 aliphatic heterocycles. The second kappa shape index (κ2) is 9.98. The number of aromatic nitrogens is 4. The highest BCUT2D eigenvalue weighted by molar-refractivity contribution is 6.07. The first kappa shape index (κ1) is 23.0. The topological polar surface area (TPSA) is 113 Å². The third kappa shape index (κ3) is 5.87. The number of halogens is 1. The Labute approximate surface area is 181 Å². The lowest BCUT2D eigenvalue weighted by atomic mass is 9.87. The monoisotopic (exact) mass is 428 g/mol. The molecule has 2 heterocycles. The van der Waals surface area contributed by atoms with E-state index in [0.717, 1.165) is 11.4 Å². The molecule has 158 valence electrons. The van der Waals surface area contributed by atoms with Crippen LogP contribution in [0.5, 0.6) is 0 Å². The predicted octanol–water partition coefficient (Wildman–Crippen LogP) is 3.14. The Kier molecular flexibility index (Phi) is 7.66. The molecular weight excluding hydrogens is 404 g/mol. The average molecular weight is 429 g/mol. The normalized spacial score (nSPS) is 10.8. The van der Waals surface area contributed by atoms with E-state index in [1.54, 1.807) is 24.5 Å². The van der Waals surface area contributed by atoms with E-state index < -0.39 is 5.91 Å². The summed E-state index contributed by atoms with van der Waals surface area (Å²) in [4.78, 5) is 40.3. The lowest BCUT2D eigenvalue weighted by Crippen LogP contribution is -2.28. The second-order valence-electron chi connectivity index (χ2n) is 7.58. The van der Waals surface area contributed by atoms with Gasteiger partial charge in [-0.1, -0.05) is 32.9 Å². The van der Waals surface area contributed by atoms with E-state index in [-0.39, 0.29) is 35.2 Å². The highest BCUT2D eigenvalue weighted by Gasteiger charge is 2.18. The van der Waals surface area contributed by atoms with Gasteiger partial charge in [0.25, 0.3) is 11.8 Å². The first-order valence-corrected chi connectivity index (χ1v) is 9.34. The van der Waals surface area contributed by atoms with Gasteiger partial charge in [-0.15, -0.1) is 12.4 Å². The zero-order valence-corrected chi connectivity index (χ0v) is 17.9. The summed E-state index contributed by atoms with van der Waals surface area (Å²) in [6.45, 7) is 6.71. The maximum atomic E-state index is 12.6. The lowest BCUT2D eigenvalue weighted by molar-refractivity contribution is 0.0949. The molecule has 0 aliphatic carbocycles. The number of nitrogens with one attached hydrogen (secondary N) is 3. The standard InChI is InChI=1S/C21H24N6O2.ClH/c1-21(2,3)15-6-4-14(5-7-15)19(28)27-18-17(24-12-13-25-18)20(29)26-9-8-16-22-10-11-23-16;/h4-7,10-13H,8-9H2,1-3H3,(H,22,23)(H,26,29)(H,25,27,28);1H. The molecule has 0 bridgehead atoms. The average Bonchev–Trinajstić information content (AvgIpc) is 3.21. The van der Waals surface area contributed by atoms with E-state index >= 15 is 0 Å². The number of hydrogen-bond donors (Lipinski definition) is 3. The molecule has 3 rings (SSSR count). The number of carbonyl (C=O) groups is 2. The molecule has 0 saturated carbocycles. The van der Waals surface area contributed by atoms with Crippen molar-refractivity contribution in [3.05, 3.63) is 71.7 Å². The molecule has 0 atom stereocenters. The van der Waals surface area contributed by atoms with Gasteiger partial charge in [-0.3, -0.25) is 9.59 Å². The van der Waals surface area contributed by atoms with E-state index in [4.69, 9.17) is 0 Å². The Morgan fingerprint density at radius 3 is 2.30 bits per heavy atom. The molecule has 2 amide bonds. The number of hydrogen-bond acceptors (Lipinski definition) is 5. The van der Waals surface area contributed by atoms with Gasteiger partial charge in [0, 0.05) is 43.3 Å². The Balaban J connectivity index is 0.00000320. The van der Waals surface area contributed by atoms with E-state index in [1.807, 2.05) is 12.1 Å². The smallest absolute Gasteiger partial charge is 0.273 e. The fourth-order valence-electron chi connectivity index (χ4n) is 2.71. The number of nitrogens with zero attached hydrogens (tertiary/aromatic N) is 3. The Morgan fingerprint density at radius 2 is 1.67 bits per heavy atom. The van der Waals surface area contributed by atoms with Gasteiger partial charge in [0.05, 0.1) is 0 Å². The summed E-state index contributed by atoms with van der Waals surface area (Å²) >= 11 is 0. The molecule has 9 heteroatoms. The van der Waals surface area contributed by atoms with Crippen LogP contribution in [0, 0.1) is 0 Å². The van der Waals surface area contributed by atoms with Crippen molar-refractivity contribution < 1.29 is 9.59 Å². The van der Waals surface area contributed by atoms with E-state index in [1.165, 1.54) is 12.4 Å². The zero-order valence-electron chi connectivity index (χ0n) is 17.1. The first-order valence-electron chi connectivity index (χ1n) is 9.34. The molecule has 0 spiro atoms. The third-order valence-corrected chi connectivity index (χ3v) is 4.36. The molecule has 0 aliphatic rings. The van der Waals surface area contributed by atoms with Crippen molar-refractivity contribution in [2.45, 2.75) is 32.6 Å². The molecule has 0 unspecified atom stereocenters. The molecule has 8 nitrogen and oxygen atoms in total. The van der Waals surface area contributed by atoms with Crippen LogP contribution in [0.2, 0.25) is 0 Å². The van der Waals surface area contributed by atoms with Crippen molar-refractivity contribution in [2.24, 2.45) is 0 Å². The molecule has 2 aromatic heterocycles. The largest absolute Gasteiger partial charge is 0.350 e. The van der Waals surface area contributed by atoms with Gasteiger partial charge in [0.1, 0.15) is 5.82 Å². The summed E-state index contributed by atoms with van der Waals surface area (Å²) < 4.78 is 0. The predicted molar refractivity (Wildman–Crippen MR) is 117 cm³/mol.